The molecule has 0 saturated carbocycles. The molecule has 0 radical (unpaired) electrons. The van der Waals surface area contributed by atoms with Crippen molar-refractivity contribution in [3.8, 4) is 0 Å². The third-order valence-electron chi connectivity index (χ3n) is 5.18. The van der Waals surface area contributed by atoms with Gasteiger partial charge in [-0.05, 0) is 59.2 Å². The molecule has 0 aromatic heterocycles. The lowest BCUT2D eigenvalue weighted by Gasteiger charge is -2.32. The van der Waals surface area contributed by atoms with Gasteiger partial charge in [-0.3, -0.25) is 9.63 Å². The number of hydrogen-bond donors (Lipinski definition) is 0. The van der Waals surface area contributed by atoms with E-state index in [4.69, 9.17) is 14.3 Å². The lowest BCUT2D eigenvalue weighted by molar-refractivity contribution is -0.177. The summed E-state index contributed by atoms with van der Waals surface area (Å²) in [6.45, 7) is 3.17. The van der Waals surface area contributed by atoms with Gasteiger partial charge in [0.05, 0.1) is 19.1 Å². The van der Waals surface area contributed by atoms with E-state index in [1.165, 1.54) is 17.1 Å². The number of halogens is 1. The van der Waals surface area contributed by atoms with E-state index in [2.05, 4.69) is 22.6 Å². The summed E-state index contributed by atoms with van der Waals surface area (Å²) in [5.74, 6) is -0.191. The molecule has 0 fully saturated rings. The molecule has 1 unspecified atom stereocenters. The Morgan fingerprint density at radius 2 is 1.78 bits per heavy atom. The van der Waals surface area contributed by atoms with Crippen molar-refractivity contribution in [2.45, 2.75) is 25.4 Å². The van der Waals surface area contributed by atoms with E-state index in [0.717, 1.165) is 14.7 Å². The van der Waals surface area contributed by atoms with E-state index in [0.29, 0.717) is 19.6 Å². The highest BCUT2D eigenvalue weighted by Gasteiger charge is 2.38. The van der Waals surface area contributed by atoms with Crippen LogP contribution in [0.4, 0.5) is 4.79 Å². The minimum absolute atomic E-state index is 0.191. The minimum Gasteiger partial charge on any atom is -0.445 e. The first-order valence-electron chi connectivity index (χ1n) is 10.4. The van der Waals surface area contributed by atoms with E-state index in [9.17, 15) is 9.59 Å². The van der Waals surface area contributed by atoms with Gasteiger partial charge >= 0.3 is 6.09 Å². The molecule has 0 aliphatic heterocycles. The summed E-state index contributed by atoms with van der Waals surface area (Å²) in [4.78, 5) is 31.8. The van der Waals surface area contributed by atoms with E-state index in [1.807, 2.05) is 61.5 Å². The summed E-state index contributed by atoms with van der Waals surface area (Å²) in [6, 6.07) is 17.3. The highest BCUT2D eigenvalue weighted by atomic mass is 127. The Kier molecular flexibility index (Phi) is 10.4. The molecular weight excluding hydrogens is 523 g/mol. The highest BCUT2D eigenvalue weighted by molar-refractivity contribution is 14.1. The first kappa shape index (κ1) is 26.1. The fraction of sp³-hybridized carbons (Fsp3) is 0.417. The number of carbonyl (C=O) groups excluding carboxylic acids is 2. The number of rotatable bonds is 11. The SMILES string of the molecule is CON(C)C(=O)C(C)(COCCCN(C)C(=O)OCc1ccccc1)c1cccc(I)c1. The van der Waals surface area contributed by atoms with Crippen LogP contribution >= 0.6 is 22.6 Å². The Morgan fingerprint density at radius 1 is 1.06 bits per heavy atom. The summed E-state index contributed by atoms with van der Waals surface area (Å²) in [5.41, 5.74) is 0.907. The number of benzene rings is 2. The van der Waals surface area contributed by atoms with E-state index in [-0.39, 0.29) is 25.2 Å². The highest BCUT2D eigenvalue weighted by Crippen LogP contribution is 2.28. The fourth-order valence-corrected chi connectivity index (χ4v) is 3.67. The normalized spacial score (nSPS) is 12.7. The predicted octanol–water partition coefficient (Wildman–Crippen LogP) is 4.24. The molecule has 32 heavy (non-hydrogen) atoms. The van der Waals surface area contributed by atoms with Crippen molar-refractivity contribution in [3.63, 3.8) is 0 Å². The molecule has 0 bridgehead atoms. The maximum atomic E-state index is 13.0. The maximum absolute atomic E-state index is 13.0. The van der Waals surface area contributed by atoms with Gasteiger partial charge in [-0.2, -0.15) is 0 Å². The van der Waals surface area contributed by atoms with Crippen LogP contribution in [0, 0.1) is 3.57 Å². The number of hydroxylamine groups is 2. The molecule has 0 aliphatic carbocycles. The largest absolute Gasteiger partial charge is 0.445 e. The molecule has 0 spiro atoms. The molecule has 174 valence electrons. The van der Waals surface area contributed by atoms with Gasteiger partial charge in [0.25, 0.3) is 5.91 Å². The van der Waals surface area contributed by atoms with Gasteiger partial charge in [0.2, 0.25) is 0 Å². The van der Waals surface area contributed by atoms with Crippen molar-refractivity contribution in [1.29, 1.82) is 0 Å². The van der Waals surface area contributed by atoms with Crippen LogP contribution in [0.3, 0.4) is 0 Å². The van der Waals surface area contributed by atoms with Crippen LogP contribution in [-0.4, -0.2) is 62.9 Å². The average molecular weight is 554 g/mol. The maximum Gasteiger partial charge on any atom is 0.409 e. The third kappa shape index (κ3) is 7.46. The molecule has 8 heteroatoms. The first-order chi connectivity index (χ1) is 15.3. The molecule has 0 saturated heterocycles. The Bertz CT molecular complexity index is 880. The zero-order valence-corrected chi connectivity index (χ0v) is 21.2. The molecule has 2 amide bonds. The molecule has 0 heterocycles. The summed E-state index contributed by atoms with van der Waals surface area (Å²) < 4.78 is 12.2. The van der Waals surface area contributed by atoms with Crippen molar-refractivity contribution in [3.05, 3.63) is 69.3 Å². The van der Waals surface area contributed by atoms with Gasteiger partial charge in [0.1, 0.15) is 6.61 Å². The summed E-state index contributed by atoms with van der Waals surface area (Å²) in [7, 11) is 4.74. The number of nitrogens with zero attached hydrogens (tertiary/aromatic N) is 2. The Balaban J connectivity index is 1.84. The van der Waals surface area contributed by atoms with Crippen LogP contribution < -0.4 is 0 Å². The standard InChI is InChI=1S/C24H31IN2O5/c1-24(22(28)27(3)30-4,20-12-8-13-21(25)16-20)18-31-15-9-14-26(2)23(29)32-17-19-10-6-5-7-11-19/h5-8,10-13,16H,9,14-15,17-18H2,1-4H3. The van der Waals surface area contributed by atoms with Gasteiger partial charge in [0.15, 0.2) is 0 Å². The molecule has 7 nitrogen and oxygen atoms in total. The van der Waals surface area contributed by atoms with Crippen LogP contribution in [-0.2, 0) is 31.1 Å². The predicted molar refractivity (Wildman–Crippen MR) is 131 cm³/mol. The van der Waals surface area contributed by atoms with E-state index >= 15 is 0 Å². The molecular formula is C24H31IN2O5. The Labute approximate surface area is 203 Å². The van der Waals surface area contributed by atoms with E-state index in [1.54, 1.807) is 14.1 Å². The molecule has 2 rings (SSSR count). The third-order valence-corrected chi connectivity index (χ3v) is 5.85. The first-order valence-corrected chi connectivity index (χ1v) is 11.4. The number of carbonyl (C=O) groups is 2. The summed E-state index contributed by atoms with van der Waals surface area (Å²) in [6.07, 6.45) is 0.239. The van der Waals surface area contributed by atoms with Crippen LogP contribution in [0.1, 0.15) is 24.5 Å². The zero-order valence-electron chi connectivity index (χ0n) is 19.0. The lowest BCUT2D eigenvalue weighted by Crippen LogP contribution is -2.46. The van der Waals surface area contributed by atoms with Crippen molar-refractivity contribution in [2.24, 2.45) is 0 Å². The van der Waals surface area contributed by atoms with Gasteiger partial charge in [-0.15, -0.1) is 0 Å². The second-order valence-electron chi connectivity index (χ2n) is 7.70. The van der Waals surface area contributed by atoms with Crippen LogP contribution in [0.15, 0.2) is 54.6 Å². The fourth-order valence-electron chi connectivity index (χ4n) is 3.13. The quantitative estimate of drug-likeness (QED) is 0.236. The summed E-state index contributed by atoms with van der Waals surface area (Å²) in [5, 5.41) is 1.22. The van der Waals surface area contributed by atoms with Crippen molar-refractivity contribution >= 4 is 34.6 Å². The van der Waals surface area contributed by atoms with Crippen LogP contribution in [0.25, 0.3) is 0 Å². The van der Waals surface area contributed by atoms with Crippen LogP contribution in [0.2, 0.25) is 0 Å². The second-order valence-corrected chi connectivity index (χ2v) is 8.94. The molecule has 0 N–H and O–H groups in total. The number of ether oxygens (including phenoxy) is 2. The second kappa shape index (κ2) is 12.8. The monoisotopic (exact) mass is 554 g/mol. The lowest BCUT2D eigenvalue weighted by atomic mass is 9.82. The molecule has 2 aromatic carbocycles. The molecule has 1 atom stereocenters. The topological polar surface area (TPSA) is 68.3 Å². The van der Waals surface area contributed by atoms with Gasteiger partial charge in [-0.1, -0.05) is 42.5 Å². The smallest absolute Gasteiger partial charge is 0.409 e. The zero-order chi connectivity index (χ0) is 23.6. The number of likely N-dealkylation sites (N-methyl/N-ethyl adjacent to an activating group) is 1. The molecule has 0 aliphatic rings. The van der Waals surface area contributed by atoms with Gasteiger partial charge in [0, 0.05) is 30.8 Å². The Hall–Kier alpha value is -2.17. The molecule has 2 aromatic rings. The van der Waals surface area contributed by atoms with Crippen molar-refractivity contribution in [2.75, 3.05) is 41.0 Å². The van der Waals surface area contributed by atoms with Gasteiger partial charge in [-0.25, -0.2) is 9.86 Å². The summed E-state index contributed by atoms with van der Waals surface area (Å²) >= 11 is 2.22. The minimum atomic E-state index is -0.896. The number of hydrogen-bond acceptors (Lipinski definition) is 5. The Morgan fingerprint density at radius 3 is 2.44 bits per heavy atom. The van der Waals surface area contributed by atoms with Crippen molar-refractivity contribution < 1.29 is 23.9 Å². The number of amides is 2. The van der Waals surface area contributed by atoms with E-state index < -0.39 is 5.41 Å². The van der Waals surface area contributed by atoms with Crippen LogP contribution in [0.5, 0.6) is 0 Å². The van der Waals surface area contributed by atoms with Gasteiger partial charge < -0.3 is 14.4 Å². The average Bonchev–Trinajstić information content (AvgIpc) is 2.81. The van der Waals surface area contributed by atoms with Crippen molar-refractivity contribution in [1.82, 2.24) is 9.96 Å².